The first-order chi connectivity index (χ1) is 12.8. The highest BCUT2D eigenvalue weighted by atomic mass is 28.3. The number of hydrogen-bond acceptors (Lipinski definition) is 5. The molecule has 0 saturated carbocycles. The molecule has 138 valence electrons. The van der Waals surface area contributed by atoms with Crippen molar-refractivity contribution in [2.24, 2.45) is 0 Å². The van der Waals surface area contributed by atoms with Crippen LogP contribution in [0.4, 0.5) is 0 Å². The Morgan fingerprint density at radius 2 is 1.74 bits per heavy atom. The lowest BCUT2D eigenvalue weighted by atomic mass is 10.1. The zero-order chi connectivity index (χ0) is 19.3. The minimum absolute atomic E-state index is 0.516. The summed E-state index contributed by atoms with van der Waals surface area (Å²) < 4.78 is 7.62. The number of fused-ring (bicyclic) bond motifs is 1. The Kier molecular flexibility index (Phi) is 3.99. The maximum absolute atomic E-state index is 5.58. The van der Waals surface area contributed by atoms with Gasteiger partial charge < -0.3 is 4.42 Å². The number of nitrogens with zero attached hydrogens (tertiary/aromatic N) is 5. The van der Waals surface area contributed by atoms with Crippen LogP contribution in [0.15, 0.2) is 35.1 Å². The van der Waals surface area contributed by atoms with Crippen molar-refractivity contribution in [3.8, 4) is 17.1 Å². The molecule has 0 fully saturated rings. The molecule has 7 heteroatoms. The minimum Gasteiger partial charge on any atom is -0.423 e. The molecular formula is C20H23N5OSi. The number of hydrogen-bond donors (Lipinski definition) is 0. The minimum atomic E-state index is -1.39. The van der Waals surface area contributed by atoms with Crippen LogP contribution < -0.4 is 5.19 Å². The summed E-state index contributed by atoms with van der Waals surface area (Å²) in [6.07, 6.45) is 3.48. The van der Waals surface area contributed by atoms with Crippen LogP contribution in [0.25, 0.3) is 28.3 Å². The third kappa shape index (κ3) is 2.97. The van der Waals surface area contributed by atoms with Gasteiger partial charge in [-0.2, -0.15) is 0 Å². The molecule has 0 atom stereocenters. The van der Waals surface area contributed by atoms with Crippen LogP contribution in [0.3, 0.4) is 0 Å². The van der Waals surface area contributed by atoms with Crippen molar-refractivity contribution in [1.29, 1.82) is 0 Å². The van der Waals surface area contributed by atoms with Gasteiger partial charge >= 0.3 is 0 Å². The van der Waals surface area contributed by atoms with E-state index in [9.17, 15) is 0 Å². The monoisotopic (exact) mass is 377 g/mol. The summed E-state index contributed by atoms with van der Waals surface area (Å²) in [7, 11) is -1.39. The van der Waals surface area contributed by atoms with Gasteiger partial charge in [0.05, 0.1) is 19.3 Å². The molecule has 0 N–H and O–H groups in total. The molecule has 0 spiro atoms. The molecule has 6 nitrogen and oxygen atoms in total. The van der Waals surface area contributed by atoms with Gasteiger partial charge in [0.25, 0.3) is 0 Å². The summed E-state index contributed by atoms with van der Waals surface area (Å²) in [5.74, 6) is 1.32. The molecule has 0 unspecified atom stereocenters. The maximum atomic E-state index is 5.58. The summed E-state index contributed by atoms with van der Waals surface area (Å²) in [4.78, 5) is 8.76. The molecule has 4 rings (SSSR count). The van der Waals surface area contributed by atoms with Gasteiger partial charge in [-0.05, 0) is 31.0 Å². The normalized spacial score (nSPS) is 12.1. The Bertz CT molecular complexity index is 1130. The van der Waals surface area contributed by atoms with E-state index in [0.717, 1.165) is 17.1 Å². The topological polar surface area (TPSA) is 69.6 Å². The molecule has 0 amide bonds. The highest BCUT2D eigenvalue weighted by molar-refractivity contribution is 6.88. The molecular weight excluding hydrogens is 354 g/mol. The van der Waals surface area contributed by atoms with E-state index >= 15 is 0 Å². The van der Waals surface area contributed by atoms with Gasteiger partial charge in [-0.15, -0.1) is 10.2 Å². The summed E-state index contributed by atoms with van der Waals surface area (Å²) >= 11 is 0. The summed E-state index contributed by atoms with van der Waals surface area (Å²) in [5.41, 5.74) is 5.63. The Hall–Kier alpha value is -2.80. The van der Waals surface area contributed by atoms with Crippen LogP contribution in [0.5, 0.6) is 0 Å². The van der Waals surface area contributed by atoms with Crippen LogP contribution in [0, 0.1) is 20.8 Å². The number of pyridine rings is 1. The third-order valence-electron chi connectivity index (χ3n) is 4.79. The molecule has 1 aromatic carbocycles. The van der Waals surface area contributed by atoms with Crippen LogP contribution in [-0.2, 0) is 0 Å². The van der Waals surface area contributed by atoms with Gasteiger partial charge in [0.15, 0.2) is 11.7 Å². The van der Waals surface area contributed by atoms with E-state index in [-0.39, 0.29) is 0 Å². The van der Waals surface area contributed by atoms with E-state index in [1.165, 1.54) is 16.3 Å². The predicted octanol–water partition coefficient (Wildman–Crippen LogP) is 3.94. The van der Waals surface area contributed by atoms with Crippen molar-refractivity contribution < 1.29 is 4.42 Å². The molecule has 3 aromatic heterocycles. The number of rotatable bonds is 3. The van der Waals surface area contributed by atoms with Gasteiger partial charge in [0, 0.05) is 13.1 Å². The molecule has 0 bridgehead atoms. The lowest BCUT2D eigenvalue weighted by Crippen LogP contribution is -2.38. The second kappa shape index (κ2) is 6.13. The van der Waals surface area contributed by atoms with E-state index in [0.29, 0.717) is 17.1 Å². The summed E-state index contributed by atoms with van der Waals surface area (Å²) in [6, 6.07) is 6.52. The van der Waals surface area contributed by atoms with Crippen molar-refractivity contribution in [3.63, 3.8) is 0 Å². The number of benzene rings is 1. The first-order valence-corrected chi connectivity index (χ1v) is 12.5. The SMILES string of the molecule is Cc1nc2c(-c3nncn3-c3c(C)cc([Si](C)(C)C)cc3C)ccnc2o1. The first-order valence-electron chi connectivity index (χ1n) is 9.00. The lowest BCUT2D eigenvalue weighted by Gasteiger charge is -2.21. The van der Waals surface area contributed by atoms with Gasteiger partial charge in [-0.25, -0.2) is 9.97 Å². The van der Waals surface area contributed by atoms with E-state index < -0.39 is 8.07 Å². The fraction of sp³-hybridized carbons (Fsp3) is 0.300. The van der Waals surface area contributed by atoms with Gasteiger partial charge in [-0.3, -0.25) is 4.57 Å². The average Bonchev–Trinajstić information content (AvgIpc) is 3.18. The Balaban J connectivity index is 1.93. The summed E-state index contributed by atoms with van der Waals surface area (Å²) in [5, 5.41) is 10.0. The molecule has 4 aromatic rings. The van der Waals surface area contributed by atoms with Gasteiger partial charge in [0.2, 0.25) is 5.71 Å². The van der Waals surface area contributed by atoms with Crippen molar-refractivity contribution in [3.05, 3.63) is 47.7 Å². The predicted molar refractivity (Wildman–Crippen MR) is 109 cm³/mol. The van der Waals surface area contributed by atoms with Crippen molar-refractivity contribution in [2.75, 3.05) is 0 Å². The molecule has 3 heterocycles. The van der Waals surface area contributed by atoms with Gasteiger partial charge in [0.1, 0.15) is 11.8 Å². The maximum Gasteiger partial charge on any atom is 0.247 e. The van der Waals surface area contributed by atoms with E-state index in [1.54, 1.807) is 12.5 Å². The lowest BCUT2D eigenvalue weighted by molar-refractivity contribution is 0.551. The second-order valence-electron chi connectivity index (χ2n) is 7.98. The van der Waals surface area contributed by atoms with Gasteiger partial charge in [-0.1, -0.05) is 37.0 Å². The van der Waals surface area contributed by atoms with E-state index in [2.05, 4.69) is 65.8 Å². The molecule has 0 aliphatic carbocycles. The number of oxazole rings is 1. The molecule has 0 saturated heterocycles. The van der Waals surface area contributed by atoms with Crippen LogP contribution >= 0.6 is 0 Å². The van der Waals surface area contributed by atoms with Crippen molar-refractivity contribution in [2.45, 2.75) is 40.4 Å². The molecule has 0 aliphatic rings. The largest absolute Gasteiger partial charge is 0.423 e. The molecule has 0 aliphatic heterocycles. The van der Waals surface area contributed by atoms with Crippen molar-refractivity contribution >= 4 is 24.5 Å². The zero-order valence-corrected chi connectivity index (χ0v) is 17.5. The Labute approximate surface area is 159 Å². The van der Waals surface area contributed by atoms with E-state index in [1.807, 2.05) is 17.6 Å². The summed E-state index contributed by atoms with van der Waals surface area (Å²) in [6.45, 7) is 13.2. The fourth-order valence-electron chi connectivity index (χ4n) is 3.47. The van der Waals surface area contributed by atoms with Crippen LogP contribution in [-0.4, -0.2) is 32.8 Å². The smallest absolute Gasteiger partial charge is 0.247 e. The fourth-order valence-corrected chi connectivity index (χ4v) is 4.77. The standard InChI is InChI=1S/C20H23N5OSi/c1-12-9-15(27(4,5)6)10-13(2)18(12)25-11-22-24-19(25)16-7-8-21-20-17(16)23-14(3)26-20/h7-11H,1-6H3. The zero-order valence-electron chi connectivity index (χ0n) is 16.5. The Morgan fingerprint density at radius 3 is 2.41 bits per heavy atom. The number of aryl methyl sites for hydroxylation is 3. The highest BCUT2D eigenvalue weighted by Gasteiger charge is 2.21. The van der Waals surface area contributed by atoms with E-state index in [4.69, 9.17) is 4.42 Å². The number of aromatic nitrogens is 5. The first kappa shape index (κ1) is 17.6. The quantitative estimate of drug-likeness (QED) is 0.506. The van der Waals surface area contributed by atoms with Crippen molar-refractivity contribution in [1.82, 2.24) is 24.7 Å². The highest BCUT2D eigenvalue weighted by Crippen LogP contribution is 2.29. The third-order valence-corrected chi connectivity index (χ3v) is 6.81. The van der Waals surface area contributed by atoms with Crippen LogP contribution in [0.2, 0.25) is 19.6 Å². The average molecular weight is 378 g/mol. The molecule has 0 radical (unpaired) electrons. The second-order valence-corrected chi connectivity index (χ2v) is 13.1. The molecule has 27 heavy (non-hydrogen) atoms. The Morgan fingerprint density at radius 1 is 1.04 bits per heavy atom. The van der Waals surface area contributed by atoms with Crippen LogP contribution in [0.1, 0.15) is 17.0 Å².